The van der Waals surface area contributed by atoms with Crippen molar-refractivity contribution in [2.45, 2.75) is 0 Å². The maximum Gasteiger partial charge on any atom is 0.381 e. The summed E-state index contributed by atoms with van der Waals surface area (Å²) in [7, 11) is 0. The summed E-state index contributed by atoms with van der Waals surface area (Å²) in [5.41, 5.74) is 0. The molecule has 0 radical (unpaired) electrons. The van der Waals surface area contributed by atoms with Gasteiger partial charge in [-0.05, 0) is 0 Å². The van der Waals surface area contributed by atoms with Crippen molar-refractivity contribution < 1.29 is 28.1 Å². The summed E-state index contributed by atoms with van der Waals surface area (Å²) >= 11 is 0. The van der Waals surface area contributed by atoms with Crippen LogP contribution >= 0.6 is 0 Å². The van der Waals surface area contributed by atoms with Gasteiger partial charge < -0.3 is 5.11 Å². The second kappa shape index (κ2) is 2.95. The molecule has 52 valence electrons. The molecule has 0 aliphatic rings. The molecule has 0 aliphatic carbocycles. The summed E-state index contributed by atoms with van der Waals surface area (Å²) in [6.07, 6.45) is -2.70. The molecule has 0 atom stereocenters. The van der Waals surface area contributed by atoms with Crippen molar-refractivity contribution in [3.63, 3.8) is 0 Å². The van der Waals surface area contributed by atoms with Gasteiger partial charge in [-0.25, -0.2) is 4.79 Å². The number of hydrogen-bond donors (Lipinski definition) is 1. The lowest BCUT2D eigenvalue weighted by atomic mass is 10.6. The zero-order chi connectivity index (χ0) is 7.44. The fourth-order valence-electron chi connectivity index (χ4n) is 0.143. The summed E-state index contributed by atoms with van der Waals surface area (Å²) in [6, 6.07) is 0. The van der Waals surface area contributed by atoms with E-state index in [0.29, 0.717) is 0 Å². The molecular weight excluding hydrogens is 141 g/mol. The molecule has 0 aromatic rings. The van der Waals surface area contributed by atoms with Crippen LogP contribution in [0.2, 0.25) is 0 Å². The van der Waals surface area contributed by atoms with Crippen LogP contribution in [-0.4, -0.2) is 11.1 Å². The van der Waals surface area contributed by atoms with Crippen LogP contribution in [0.15, 0.2) is 11.8 Å². The lowest BCUT2D eigenvalue weighted by Crippen LogP contribution is -2.01. The minimum absolute atomic E-state index is 1.98. The molecule has 0 unspecified atom stereocenters. The first-order valence-corrected chi connectivity index (χ1v) is 1.66. The van der Waals surface area contributed by atoms with Gasteiger partial charge in [0.1, 0.15) is 0 Å². The van der Waals surface area contributed by atoms with Gasteiger partial charge in [0.05, 0.1) is 0 Å². The standard InChI is InChI=1S/C3HF3O3/c4-2(5)1(9-6)3(7)8/h(H,7,8). The summed E-state index contributed by atoms with van der Waals surface area (Å²) in [6.45, 7) is 0. The van der Waals surface area contributed by atoms with Crippen molar-refractivity contribution >= 4 is 5.97 Å². The molecule has 0 spiro atoms. The van der Waals surface area contributed by atoms with E-state index < -0.39 is 17.8 Å². The number of carbonyl (C=O) groups is 1. The van der Waals surface area contributed by atoms with Gasteiger partial charge in [0, 0.05) is 4.53 Å². The molecule has 0 rings (SSSR count). The molecule has 0 aromatic carbocycles. The Labute approximate surface area is 47.2 Å². The van der Waals surface area contributed by atoms with E-state index in [-0.39, 0.29) is 0 Å². The Balaban J connectivity index is 4.35. The minimum atomic E-state index is -2.70. The Hall–Kier alpha value is -1.20. The predicted molar refractivity (Wildman–Crippen MR) is 19.1 cm³/mol. The summed E-state index contributed by atoms with van der Waals surface area (Å²) < 4.78 is 32.9. The third-order valence-corrected chi connectivity index (χ3v) is 0.443. The molecular formula is C3HF3O3. The van der Waals surface area contributed by atoms with E-state index in [1.54, 1.807) is 0 Å². The average Bonchev–Trinajstić information content (AvgIpc) is 1.64. The molecule has 0 saturated carbocycles. The lowest BCUT2D eigenvalue weighted by Gasteiger charge is -1.88. The van der Waals surface area contributed by atoms with Crippen LogP contribution in [0.25, 0.3) is 0 Å². The van der Waals surface area contributed by atoms with Gasteiger partial charge in [-0.2, -0.15) is 8.78 Å². The summed E-state index contributed by atoms with van der Waals surface area (Å²) in [4.78, 5) is 11.8. The minimum Gasteiger partial charge on any atom is -0.475 e. The Morgan fingerprint density at radius 2 is 1.89 bits per heavy atom. The largest absolute Gasteiger partial charge is 0.475 e. The molecule has 0 aliphatic heterocycles. The van der Waals surface area contributed by atoms with Crippen molar-refractivity contribution in [1.29, 1.82) is 0 Å². The van der Waals surface area contributed by atoms with Crippen LogP contribution in [0, 0.1) is 0 Å². The molecule has 9 heavy (non-hydrogen) atoms. The van der Waals surface area contributed by atoms with Gasteiger partial charge in [0.2, 0.25) is 0 Å². The Kier molecular flexibility index (Phi) is 2.56. The number of carboxylic acid groups (broad SMARTS) is 1. The lowest BCUT2D eigenvalue weighted by molar-refractivity contribution is -0.152. The first-order chi connectivity index (χ1) is 4.09. The van der Waals surface area contributed by atoms with Crippen molar-refractivity contribution in [2.75, 3.05) is 0 Å². The van der Waals surface area contributed by atoms with E-state index in [1.165, 1.54) is 0 Å². The zero-order valence-electron chi connectivity index (χ0n) is 3.90. The van der Waals surface area contributed by atoms with Crippen molar-refractivity contribution in [3.05, 3.63) is 11.8 Å². The molecule has 1 N–H and O–H groups in total. The summed E-state index contributed by atoms with van der Waals surface area (Å²) in [5, 5.41) is 7.64. The first-order valence-electron chi connectivity index (χ1n) is 1.66. The molecule has 6 heteroatoms. The van der Waals surface area contributed by atoms with Crippen molar-refractivity contribution in [1.82, 2.24) is 0 Å². The molecule has 0 fully saturated rings. The maximum absolute atomic E-state index is 11.1. The highest BCUT2D eigenvalue weighted by Gasteiger charge is 2.17. The second-order valence-corrected chi connectivity index (χ2v) is 0.972. The van der Waals surface area contributed by atoms with Crippen LogP contribution in [0.3, 0.4) is 0 Å². The first kappa shape index (κ1) is 7.80. The molecule has 0 bridgehead atoms. The van der Waals surface area contributed by atoms with E-state index in [1.807, 2.05) is 0 Å². The number of rotatable bonds is 2. The average molecular weight is 142 g/mol. The van der Waals surface area contributed by atoms with Gasteiger partial charge in [-0.1, -0.05) is 0 Å². The predicted octanol–water partition coefficient (Wildman–Crippen LogP) is 1.08. The van der Waals surface area contributed by atoms with Crippen molar-refractivity contribution in [3.8, 4) is 0 Å². The quantitative estimate of drug-likeness (QED) is 0.463. The number of halogens is 3. The fourth-order valence-corrected chi connectivity index (χ4v) is 0.143. The van der Waals surface area contributed by atoms with Gasteiger partial charge in [-0.3, -0.25) is 4.94 Å². The van der Waals surface area contributed by atoms with Crippen LogP contribution in [0.1, 0.15) is 0 Å². The SMILES string of the molecule is O=C(O)C(OF)=C(F)F. The van der Waals surface area contributed by atoms with E-state index in [4.69, 9.17) is 5.11 Å². The highest BCUT2D eigenvalue weighted by Crippen LogP contribution is 2.08. The third kappa shape index (κ3) is 2.02. The molecule has 3 nitrogen and oxygen atoms in total. The molecule has 0 aromatic heterocycles. The monoisotopic (exact) mass is 142 g/mol. The number of carboxylic acids is 1. The van der Waals surface area contributed by atoms with Crippen LogP contribution in [0.4, 0.5) is 13.3 Å². The van der Waals surface area contributed by atoms with Gasteiger partial charge in [0.15, 0.2) is 0 Å². The zero-order valence-corrected chi connectivity index (χ0v) is 3.90. The highest BCUT2D eigenvalue weighted by molar-refractivity contribution is 5.84. The normalized spacial score (nSPS) is 8.33. The Morgan fingerprint density at radius 1 is 1.44 bits per heavy atom. The van der Waals surface area contributed by atoms with Gasteiger partial charge >= 0.3 is 17.8 Å². The van der Waals surface area contributed by atoms with Crippen molar-refractivity contribution in [2.24, 2.45) is 0 Å². The molecule has 0 amide bonds. The summed E-state index contributed by atoms with van der Waals surface area (Å²) in [5.74, 6) is -4.12. The second-order valence-electron chi connectivity index (χ2n) is 0.972. The Morgan fingerprint density at radius 3 is 1.89 bits per heavy atom. The third-order valence-electron chi connectivity index (χ3n) is 0.443. The van der Waals surface area contributed by atoms with E-state index in [0.717, 1.165) is 0 Å². The molecule has 0 saturated heterocycles. The smallest absolute Gasteiger partial charge is 0.381 e. The van der Waals surface area contributed by atoms with E-state index in [9.17, 15) is 18.1 Å². The van der Waals surface area contributed by atoms with Gasteiger partial charge in [0.25, 0.3) is 0 Å². The van der Waals surface area contributed by atoms with Gasteiger partial charge in [-0.15, -0.1) is 0 Å². The van der Waals surface area contributed by atoms with Crippen LogP contribution in [0.5, 0.6) is 0 Å². The molecule has 0 heterocycles. The van der Waals surface area contributed by atoms with Crippen LogP contribution in [-0.2, 0) is 9.74 Å². The maximum atomic E-state index is 11.1. The fraction of sp³-hybridized carbons (Fsp3) is 0. The highest BCUT2D eigenvalue weighted by atomic mass is 19.3. The topological polar surface area (TPSA) is 46.5 Å². The Bertz CT molecular complexity index is 148. The van der Waals surface area contributed by atoms with Crippen LogP contribution < -0.4 is 0 Å². The number of hydrogen-bond acceptors (Lipinski definition) is 2. The van der Waals surface area contributed by atoms with E-state index >= 15 is 0 Å². The number of aliphatic carboxylic acids is 1. The van der Waals surface area contributed by atoms with E-state index in [2.05, 4.69) is 4.94 Å².